The van der Waals surface area contributed by atoms with Gasteiger partial charge in [-0.25, -0.2) is 9.78 Å². The van der Waals surface area contributed by atoms with Crippen LogP contribution in [0, 0.1) is 0 Å². The largest absolute Gasteiger partial charge is 0.395 e. The van der Waals surface area contributed by atoms with Crippen LogP contribution in [0.3, 0.4) is 0 Å². The number of aromatic nitrogens is 2. The lowest BCUT2D eigenvalue weighted by atomic mass is 10.2. The Morgan fingerprint density at radius 1 is 1.44 bits per heavy atom. The maximum absolute atomic E-state index is 13.1. The van der Waals surface area contributed by atoms with E-state index in [9.17, 15) is 4.79 Å². The standard InChI is InChI=1S/C17H20ClN5O2/c1-11(2)20-16-19-9-12-10-23(14-6-4-3-5-13(14)18)17(25)22(7-8-24)15(12)21-16/h3-6,9,11,24H,7-8,10H2,1-2H3,(H,19,20,21)/i24T. The first-order chi connectivity index (χ1) is 12.5. The maximum Gasteiger partial charge on any atom is 0.330 e. The number of benzene rings is 1. The summed E-state index contributed by atoms with van der Waals surface area (Å²) >= 11 is 6.28. The second-order valence-electron chi connectivity index (χ2n) is 6.02. The third-order valence-electron chi connectivity index (χ3n) is 3.76. The SMILES string of the molecule is [3H]OCCN1C(=O)N(c2ccccc2Cl)Cc2cnc(NC(C)C)nc21. The van der Waals surface area contributed by atoms with E-state index in [2.05, 4.69) is 20.4 Å². The first-order valence-corrected chi connectivity index (χ1v) is 8.43. The Bertz CT molecular complexity index is 804. The van der Waals surface area contributed by atoms with Gasteiger partial charge in [-0.05, 0) is 26.0 Å². The van der Waals surface area contributed by atoms with E-state index < -0.39 is 0 Å². The van der Waals surface area contributed by atoms with Crippen LogP contribution in [-0.4, -0.2) is 41.7 Å². The number of para-hydroxylation sites is 1. The zero-order valence-electron chi connectivity index (χ0n) is 15.1. The van der Waals surface area contributed by atoms with Crippen LogP contribution >= 0.6 is 11.6 Å². The number of halogens is 1. The van der Waals surface area contributed by atoms with Crippen molar-refractivity contribution in [2.45, 2.75) is 26.4 Å². The summed E-state index contributed by atoms with van der Waals surface area (Å²) in [6.45, 7) is 4.56. The van der Waals surface area contributed by atoms with Gasteiger partial charge in [0.2, 0.25) is 7.38 Å². The molecule has 0 bridgehead atoms. The summed E-state index contributed by atoms with van der Waals surface area (Å²) < 4.78 is 6.94. The number of rotatable bonds is 6. The minimum absolute atomic E-state index is 0.0679. The number of hydrogen-bond donors (Lipinski definition) is 2. The molecule has 0 radical (unpaired) electrons. The molecular weight excluding hydrogens is 342 g/mol. The average Bonchev–Trinajstić information content (AvgIpc) is 2.61. The van der Waals surface area contributed by atoms with Crippen LogP contribution in [0.1, 0.15) is 19.4 Å². The van der Waals surface area contributed by atoms with Gasteiger partial charge in [-0.1, -0.05) is 23.7 Å². The summed E-state index contributed by atoms with van der Waals surface area (Å²) in [6.07, 6.45) is 1.71. The lowest BCUT2D eigenvalue weighted by molar-refractivity contribution is 0.245. The number of fused-ring (bicyclic) bond motifs is 1. The number of anilines is 3. The molecule has 7 nitrogen and oxygen atoms in total. The van der Waals surface area contributed by atoms with E-state index in [1.54, 1.807) is 23.2 Å². The fourth-order valence-corrected chi connectivity index (χ4v) is 2.93. The van der Waals surface area contributed by atoms with Gasteiger partial charge in [0.15, 0.2) is 0 Å². The number of aliphatic hydroxyl groups excluding tert-OH is 1. The smallest absolute Gasteiger partial charge is 0.330 e. The van der Waals surface area contributed by atoms with Crippen molar-refractivity contribution < 1.29 is 9.90 Å². The molecule has 1 aliphatic rings. The number of urea groups is 1. The number of carbonyl (C=O) groups excluding carboxylic acids is 1. The van der Waals surface area contributed by atoms with Gasteiger partial charge in [-0.3, -0.25) is 9.80 Å². The molecule has 1 aromatic carbocycles. The van der Waals surface area contributed by atoms with Crippen molar-refractivity contribution in [3.05, 3.63) is 41.0 Å². The molecule has 0 saturated carbocycles. The minimum atomic E-state index is -0.267. The van der Waals surface area contributed by atoms with E-state index in [0.29, 0.717) is 29.0 Å². The summed E-state index contributed by atoms with van der Waals surface area (Å²) in [5, 5.41) is 8.04. The number of carbonyl (C=O) groups is 1. The number of aliphatic hydroxyl groups is 1. The van der Waals surface area contributed by atoms with Crippen molar-refractivity contribution in [3.8, 4) is 0 Å². The number of nitrogens with one attached hydrogen (secondary N) is 1. The van der Waals surface area contributed by atoms with Gasteiger partial charge >= 0.3 is 6.03 Å². The highest BCUT2D eigenvalue weighted by Gasteiger charge is 2.33. The molecule has 1 aromatic heterocycles. The topological polar surface area (TPSA) is 81.6 Å². The highest BCUT2D eigenvalue weighted by molar-refractivity contribution is 6.34. The molecule has 0 saturated heterocycles. The molecule has 0 fully saturated rings. The molecule has 2 N–H and O–H groups in total. The molecule has 2 amide bonds. The quantitative estimate of drug-likeness (QED) is 0.824. The molecular formula is C17H20ClN5O2. The second kappa shape index (κ2) is 7.25. The molecule has 8 heteroatoms. The summed E-state index contributed by atoms with van der Waals surface area (Å²) in [5.41, 5.74) is 1.41. The van der Waals surface area contributed by atoms with Crippen molar-refractivity contribution in [2.75, 3.05) is 28.3 Å². The minimum Gasteiger partial charge on any atom is -0.395 e. The Kier molecular flexibility index (Phi) is 4.67. The van der Waals surface area contributed by atoms with Crippen LogP contribution in [0.25, 0.3) is 0 Å². The zero-order valence-corrected chi connectivity index (χ0v) is 14.8. The van der Waals surface area contributed by atoms with Crippen molar-refractivity contribution in [1.29, 1.82) is 1.43 Å². The lowest BCUT2D eigenvalue weighted by Crippen LogP contribution is -2.49. The van der Waals surface area contributed by atoms with E-state index in [0.717, 1.165) is 5.56 Å². The lowest BCUT2D eigenvalue weighted by Gasteiger charge is -2.36. The predicted molar refractivity (Wildman–Crippen MR) is 98.3 cm³/mol. The van der Waals surface area contributed by atoms with Crippen molar-refractivity contribution in [1.82, 2.24) is 9.97 Å². The van der Waals surface area contributed by atoms with Gasteiger partial charge in [-0.2, -0.15) is 4.98 Å². The van der Waals surface area contributed by atoms with E-state index in [-0.39, 0.29) is 25.2 Å². The fraction of sp³-hybridized carbons (Fsp3) is 0.353. The van der Waals surface area contributed by atoms with Crippen LogP contribution in [0.2, 0.25) is 5.02 Å². The summed E-state index contributed by atoms with van der Waals surface area (Å²) in [4.78, 5) is 25.0. The Morgan fingerprint density at radius 3 is 2.96 bits per heavy atom. The van der Waals surface area contributed by atoms with Crippen LogP contribution in [0.4, 0.5) is 22.2 Å². The third kappa shape index (κ3) is 3.52. The molecule has 3 rings (SSSR count). The summed E-state index contributed by atoms with van der Waals surface area (Å²) in [6, 6.07) is 7.07. The monoisotopic (exact) mass is 363 g/mol. The van der Waals surface area contributed by atoms with Crippen molar-refractivity contribution in [3.63, 3.8) is 0 Å². The average molecular weight is 364 g/mol. The van der Waals surface area contributed by atoms with Gasteiger partial charge in [0, 0.05) is 17.8 Å². The second-order valence-corrected chi connectivity index (χ2v) is 6.42. The summed E-state index contributed by atoms with van der Waals surface area (Å²) in [5.74, 6) is 0.975. The first-order valence-electron chi connectivity index (χ1n) is 8.46. The number of β-amino-alcohol motifs (C(OH)–C–C–N with tert-alkyl or cyclic N) is 1. The molecule has 25 heavy (non-hydrogen) atoms. The molecule has 0 aliphatic carbocycles. The molecule has 0 spiro atoms. The van der Waals surface area contributed by atoms with E-state index >= 15 is 0 Å². The van der Waals surface area contributed by atoms with E-state index in [1.165, 1.54) is 4.90 Å². The number of hydrogen-bond acceptors (Lipinski definition) is 5. The maximum atomic E-state index is 13.1. The van der Waals surface area contributed by atoms with Gasteiger partial charge in [-0.15, -0.1) is 0 Å². The highest BCUT2D eigenvalue weighted by Crippen LogP contribution is 2.34. The highest BCUT2D eigenvalue weighted by atomic mass is 35.5. The Balaban J connectivity index is 2.01. The Morgan fingerprint density at radius 2 is 2.24 bits per heavy atom. The van der Waals surface area contributed by atoms with Crippen LogP contribution < -0.4 is 15.1 Å². The van der Waals surface area contributed by atoms with Gasteiger partial charge in [0.1, 0.15) is 5.82 Å². The third-order valence-corrected chi connectivity index (χ3v) is 4.08. The molecule has 2 heterocycles. The molecule has 132 valence electrons. The number of nitrogens with zero attached hydrogens (tertiary/aromatic N) is 4. The molecule has 0 unspecified atom stereocenters. The zero-order chi connectivity index (χ0) is 18.7. The van der Waals surface area contributed by atoms with Crippen molar-refractivity contribution in [2.24, 2.45) is 0 Å². The predicted octanol–water partition coefficient (Wildman–Crippen LogP) is 2.89. The van der Waals surface area contributed by atoms with Crippen molar-refractivity contribution >= 4 is 35.1 Å². The first kappa shape index (κ1) is 16.1. The van der Waals surface area contributed by atoms with Crippen LogP contribution in [0.15, 0.2) is 30.5 Å². The van der Waals surface area contributed by atoms with Gasteiger partial charge < -0.3 is 10.4 Å². The summed E-state index contributed by atoms with van der Waals surface area (Å²) in [7, 11) is 0. The van der Waals surface area contributed by atoms with Gasteiger partial charge in [0.25, 0.3) is 0 Å². The van der Waals surface area contributed by atoms with E-state index in [1.807, 2.05) is 26.0 Å². The van der Waals surface area contributed by atoms with Crippen LogP contribution in [-0.2, 0) is 6.54 Å². The Hall–Kier alpha value is -2.38. The van der Waals surface area contributed by atoms with Crippen LogP contribution in [0.5, 0.6) is 0 Å². The number of amides is 2. The normalized spacial score (nSPS) is 14.6. The molecule has 2 aromatic rings. The van der Waals surface area contributed by atoms with E-state index in [4.69, 9.17) is 13.0 Å². The van der Waals surface area contributed by atoms with Gasteiger partial charge in [0.05, 0.1) is 30.4 Å². The Labute approximate surface area is 152 Å². The molecule has 0 atom stereocenters. The molecule has 1 aliphatic heterocycles. The fourth-order valence-electron chi connectivity index (χ4n) is 2.70.